The van der Waals surface area contributed by atoms with Gasteiger partial charge in [0.25, 0.3) is 0 Å². The third-order valence-corrected chi connectivity index (χ3v) is 5.57. The molecule has 1 aliphatic carbocycles. The molecule has 24 heavy (non-hydrogen) atoms. The van der Waals surface area contributed by atoms with Crippen molar-refractivity contribution in [3.63, 3.8) is 0 Å². The Labute approximate surface area is 144 Å². The van der Waals surface area contributed by atoms with E-state index in [0.29, 0.717) is 24.7 Å². The van der Waals surface area contributed by atoms with Gasteiger partial charge < -0.3 is 10.6 Å². The molecular formula is C20H28N2O2. The molecule has 1 saturated heterocycles. The summed E-state index contributed by atoms with van der Waals surface area (Å²) in [6.45, 7) is 2.18. The molecule has 4 nitrogen and oxygen atoms in total. The van der Waals surface area contributed by atoms with Crippen LogP contribution in [0.4, 0.5) is 0 Å². The predicted molar refractivity (Wildman–Crippen MR) is 94.4 cm³/mol. The number of carbonyl (C=O) groups is 2. The first kappa shape index (κ1) is 17.0. The van der Waals surface area contributed by atoms with Crippen LogP contribution in [0.2, 0.25) is 0 Å². The summed E-state index contributed by atoms with van der Waals surface area (Å²) in [5.74, 6) is 1.35. The Hall–Kier alpha value is -1.84. The van der Waals surface area contributed by atoms with Crippen LogP contribution in [-0.2, 0) is 16.0 Å². The maximum absolute atomic E-state index is 12.2. The lowest BCUT2D eigenvalue weighted by Crippen LogP contribution is -2.54. The number of benzene rings is 1. The molecule has 1 aromatic carbocycles. The third kappa shape index (κ3) is 4.37. The average Bonchev–Trinajstić information content (AvgIpc) is 2.55. The zero-order valence-corrected chi connectivity index (χ0v) is 14.5. The molecule has 4 atom stereocenters. The fourth-order valence-corrected chi connectivity index (χ4v) is 4.28. The van der Waals surface area contributed by atoms with Crippen LogP contribution in [0.25, 0.3) is 0 Å². The van der Waals surface area contributed by atoms with E-state index in [-0.39, 0.29) is 23.9 Å². The van der Waals surface area contributed by atoms with Crippen LogP contribution in [0.1, 0.15) is 51.0 Å². The zero-order valence-electron chi connectivity index (χ0n) is 14.5. The van der Waals surface area contributed by atoms with Gasteiger partial charge in [-0.3, -0.25) is 9.59 Å². The Kier molecular flexibility index (Phi) is 5.54. The number of piperidine rings is 1. The normalized spacial score (nSPS) is 29.5. The molecule has 4 heteroatoms. The highest BCUT2D eigenvalue weighted by Gasteiger charge is 2.38. The number of fused-ring (bicyclic) bond motifs is 1. The number of hydrogen-bond acceptors (Lipinski definition) is 2. The van der Waals surface area contributed by atoms with Crippen LogP contribution in [0.5, 0.6) is 0 Å². The van der Waals surface area contributed by atoms with Crippen molar-refractivity contribution in [2.75, 3.05) is 0 Å². The molecule has 2 amide bonds. The zero-order chi connectivity index (χ0) is 16.9. The maximum atomic E-state index is 12.2. The highest BCUT2D eigenvalue weighted by atomic mass is 16.2. The molecule has 0 aromatic heterocycles. The fraction of sp³-hybridized carbons (Fsp3) is 0.600. The summed E-state index contributed by atoms with van der Waals surface area (Å²) < 4.78 is 0. The van der Waals surface area contributed by atoms with Crippen molar-refractivity contribution >= 4 is 11.8 Å². The summed E-state index contributed by atoms with van der Waals surface area (Å²) in [6, 6.07) is 10.7. The lowest BCUT2D eigenvalue weighted by atomic mass is 9.72. The average molecular weight is 328 g/mol. The molecule has 2 N–H and O–H groups in total. The molecule has 2 fully saturated rings. The molecule has 0 bridgehead atoms. The van der Waals surface area contributed by atoms with Crippen molar-refractivity contribution in [2.45, 2.75) is 64.0 Å². The van der Waals surface area contributed by atoms with Gasteiger partial charge in [-0.05, 0) is 49.5 Å². The monoisotopic (exact) mass is 328 g/mol. The quantitative estimate of drug-likeness (QED) is 0.873. The predicted octanol–water partition coefficient (Wildman–Crippen LogP) is 2.82. The van der Waals surface area contributed by atoms with Crippen LogP contribution >= 0.6 is 0 Å². The van der Waals surface area contributed by atoms with Crippen LogP contribution in [0, 0.1) is 11.8 Å². The van der Waals surface area contributed by atoms with Gasteiger partial charge in [0.2, 0.25) is 11.8 Å². The Morgan fingerprint density at radius 2 is 2.04 bits per heavy atom. The molecule has 3 rings (SSSR count). The molecular weight excluding hydrogens is 300 g/mol. The van der Waals surface area contributed by atoms with Crippen LogP contribution < -0.4 is 10.6 Å². The molecule has 0 radical (unpaired) electrons. The maximum Gasteiger partial charge on any atom is 0.220 e. The largest absolute Gasteiger partial charge is 0.353 e. The minimum absolute atomic E-state index is 0.143. The van der Waals surface area contributed by atoms with Crippen molar-refractivity contribution < 1.29 is 9.59 Å². The summed E-state index contributed by atoms with van der Waals surface area (Å²) in [5, 5.41) is 6.30. The van der Waals surface area contributed by atoms with E-state index in [1.54, 1.807) is 0 Å². The molecule has 0 spiro atoms. The van der Waals surface area contributed by atoms with Gasteiger partial charge in [-0.1, -0.05) is 37.3 Å². The first-order valence-corrected chi connectivity index (χ1v) is 9.24. The van der Waals surface area contributed by atoms with Crippen molar-refractivity contribution in [3.05, 3.63) is 35.9 Å². The summed E-state index contributed by atoms with van der Waals surface area (Å²) in [7, 11) is 0. The molecule has 1 aliphatic heterocycles. The molecule has 2 aliphatic rings. The number of carbonyl (C=O) groups excluding carboxylic acids is 2. The van der Waals surface area contributed by atoms with Gasteiger partial charge >= 0.3 is 0 Å². The second-order valence-corrected chi connectivity index (χ2v) is 7.44. The summed E-state index contributed by atoms with van der Waals surface area (Å²) >= 11 is 0. The van der Waals surface area contributed by atoms with E-state index in [0.717, 1.165) is 32.1 Å². The number of amides is 2. The van der Waals surface area contributed by atoms with Gasteiger partial charge in [0.05, 0.1) is 0 Å². The van der Waals surface area contributed by atoms with E-state index in [1.807, 2.05) is 18.2 Å². The molecule has 1 aromatic rings. The lowest BCUT2D eigenvalue weighted by molar-refractivity contribution is -0.127. The van der Waals surface area contributed by atoms with E-state index in [9.17, 15) is 9.59 Å². The van der Waals surface area contributed by atoms with Crippen LogP contribution in [-0.4, -0.2) is 23.9 Å². The second-order valence-electron chi connectivity index (χ2n) is 7.44. The van der Waals surface area contributed by atoms with Crippen LogP contribution in [0.15, 0.2) is 30.3 Å². The lowest BCUT2D eigenvalue weighted by Gasteiger charge is -2.43. The van der Waals surface area contributed by atoms with Crippen molar-refractivity contribution in [1.82, 2.24) is 10.6 Å². The molecule has 1 heterocycles. The first-order valence-electron chi connectivity index (χ1n) is 9.24. The molecule has 1 saturated carbocycles. The summed E-state index contributed by atoms with van der Waals surface area (Å²) in [4.78, 5) is 23.9. The summed E-state index contributed by atoms with van der Waals surface area (Å²) in [5.41, 5.74) is 1.28. The summed E-state index contributed by atoms with van der Waals surface area (Å²) in [6.07, 6.45) is 6.05. The Morgan fingerprint density at radius 1 is 1.25 bits per heavy atom. The third-order valence-electron chi connectivity index (χ3n) is 5.57. The highest BCUT2D eigenvalue weighted by Crippen LogP contribution is 2.35. The smallest absolute Gasteiger partial charge is 0.220 e. The second kappa shape index (κ2) is 7.82. The van der Waals surface area contributed by atoms with Crippen molar-refractivity contribution in [1.29, 1.82) is 0 Å². The SMILES string of the molecule is CC1CC(=O)NC2CC(NC(=O)CCCc3ccccc3)CCC12. The van der Waals surface area contributed by atoms with Crippen molar-refractivity contribution in [2.24, 2.45) is 11.8 Å². The minimum atomic E-state index is 0.143. The number of nitrogens with one attached hydrogen (secondary N) is 2. The van der Waals surface area contributed by atoms with E-state index in [1.165, 1.54) is 5.56 Å². The van der Waals surface area contributed by atoms with Gasteiger partial charge in [-0.25, -0.2) is 0 Å². The van der Waals surface area contributed by atoms with Crippen LogP contribution in [0.3, 0.4) is 0 Å². The number of hydrogen-bond donors (Lipinski definition) is 2. The van der Waals surface area contributed by atoms with E-state index < -0.39 is 0 Å². The highest BCUT2D eigenvalue weighted by molar-refractivity contribution is 5.78. The van der Waals surface area contributed by atoms with Gasteiger partial charge in [0, 0.05) is 24.9 Å². The minimum Gasteiger partial charge on any atom is -0.353 e. The Balaban J connectivity index is 1.41. The van der Waals surface area contributed by atoms with Crippen molar-refractivity contribution in [3.8, 4) is 0 Å². The standard InChI is InChI=1S/C20H28N2O2/c1-14-12-20(24)22-18-13-16(10-11-17(14)18)21-19(23)9-5-8-15-6-3-2-4-7-15/h2-4,6-7,14,16-18H,5,8-13H2,1H3,(H,21,23)(H,22,24). The number of rotatable bonds is 5. The fourth-order valence-electron chi connectivity index (χ4n) is 4.28. The van der Waals surface area contributed by atoms with Gasteiger partial charge in [0.1, 0.15) is 0 Å². The topological polar surface area (TPSA) is 58.2 Å². The molecule has 4 unspecified atom stereocenters. The Morgan fingerprint density at radius 3 is 2.83 bits per heavy atom. The molecule has 130 valence electrons. The van der Waals surface area contributed by atoms with E-state index in [2.05, 4.69) is 29.7 Å². The van der Waals surface area contributed by atoms with E-state index >= 15 is 0 Å². The Bertz CT molecular complexity index is 572. The van der Waals surface area contributed by atoms with Gasteiger partial charge in [0.15, 0.2) is 0 Å². The number of aryl methyl sites for hydroxylation is 1. The van der Waals surface area contributed by atoms with E-state index in [4.69, 9.17) is 0 Å². The van der Waals surface area contributed by atoms with Gasteiger partial charge in [-0.2, -0.15) is 0 Å². The van der Waals surface area contributed by atoms with Gasteiger partial charge in [-0.15, -0.1) is 0 Å². The first-order chi connectivity index (χ1) is 11.6.